The van der Waals surface area contributed by atoms with Gasteiger partial charge in [-0.25, -0.2) is 9.18 Å². The molecule has 1 unspecified atom stereocenters. The average molecular weight is 313 g/mol. The van der Waals surface area contributed by atoms with Crippen LogP contribution in [0.15, 0.2) is 0 Å². The highest BCUT2D eigenvalue weighted by Gasteiger charge is 2.62. The molecule has 122 valence electrons. The summed E-state index contributed by atoms with van der Waals surface area (Å²) in [5, 5.41) is 39.5. The van der Waals surface area contributed by atoms with Gasteiger partial charge in [-0.05, 0) is 6.92 Å². The van der Waals surface area contributed by atoms with Crippen molar-refractivity contribution in [2.24, 2.45) is 0 Å². The maximum absolute atomic E-state index is 14.1. The van der Waals surface area contributed by atoms with Gasteiger partial charge in [-0.2, -0.15) is 4.39 Å². The maximum Gasteiger partial charge on any atom is 0.372 e. The Morgan fingerprint density at radius 1 is 1.38 bits per heavy atom. The predicted octanol–water partition coefficient (Wildman–Crippen LogP) is -1.92. The van der Waals surface area contributed by atoms with E-state index in [0.717, 1.165) is 13.8 Å². The number of carboxylic acid groups (broad SMARTS) is 1. The normalized spacial score (nSPS) is 39.4. The van der Waals surface area contributed by atoms with Crippen molar-refractivity contribution in [2.75, 3.05) is 0 Å². The van der Waals surface area contributed by atoms with E-state index >= 15 is 0 Å². The molecule has 5 N–H and O–H groups in total. The second kappa shape index (κ2) is 6.18. The number of carboxylic acids is 1. The second-order valence-corrected chi connectivity index (χ2v) is 4.88. The molecule has 1 rings (SSSR count). The van der Waals surface area contributed by atoms with Gasteiger partial charge in [0.1, 0.15) is 18.3 Å². The summed E-state index contributed by atoms with van der Waals surface area (Å²) in [6.45, 7) is 2.10. The van der Waals surface area contributed by atoms with E-state index in [0.29, 0.717) is 0 Å². The Labute approximate surface area is 118 Å². The van der Waals surface area contributed by atoms with Crippen molar-refractivity contribution in [3.63, 3.8) is 0 Å². The highest BCUT2D eigenvalue weighted by atomic mass is 19.2. The first kappa shape index (κ1) is 17.7. The molecule has 0 aromatic rings. The summed E-state index contributed by atoms with van der Waals surface area (Å²) >= 11 is 0. The summed E-state index contributed by atoms with van der Waals surface area (Å²) in [4.78, 5) is 21.9. The van der Waals surface area contributed by atoms with Gasteiger partial charge in [0.05, 0.1) is 12.1 Å². The molecule has 0 aliphatic carbocycles. The van der Waals surface area contributed by atoms with Crippen molar-refractivity contribution in [1.29, 1.82) is 0 Å². The molecule has 1 aliphatic rings. The first-order valence-corrected chi connectivity index (χ1v) is 6.07. The van der Waals surface area contributed by atoms with Crippen molar-refractivity contribution in [3.05, 3.63) is 0 Å². The number of hydrogen-bond acceptors (Lipinski definition) is 6. The van der Waals surface area contributed by atoms with Crippen LogP contribution in [0.5, 0.6) is 0 Å². The van der Waals surface area contributed by atoms with Crippen LogP contribution in [0.4, 0.5) is 8.78 Å². The van der Waals surface area contributed by atoms with E-state index in [1.165, 1.54) is 0 Å². The molecule has 1 fully saturated rings. The van der Waals surface area contributed by atoms with Crippen molar-refractivity contribution in [3.8, 4) is 0 Å². The number of carbonyl (C=O) groups is 2. The number of alkyl halides is 2. The lowest BCUT2D eigenvalue weighted by Crippen LogP contribution is -2.70. The third-order valence-corrected chi connectivity index (χ3v) is 3.18. The van der Waals surface area contributed by atoms with Crippen LogP contribution in [0.2, 0.25) is 0 Å². The summed E-state index contributed by atoms with van der Waals surface area (Å²) in [6.07, 6.45) is -10.5. The lowest BCUT2D eigenvalue weighted by Gasteiger charge is -2.45. The minimum absolute atomic E-state index is 0.751. The smallest absolute Gasteiger partial charge is 0.372 e. The number of amides is 1. The predicted molar refractivity (Wildman–Crippen MR) is 62.5 cm³/mol. The van der Waals surface area contributed by atoms with Gasteiger partial charge in [0.2, 0.25) is 5.91 Å². The number of nitrogens with one attached hydrogen (secondary N) is 1. The van der Waals surface area contributed by atoms with Crippen LogP contribution in [-0.2, 0) is 14.3 Å². The molecule has 21 heavy (non-hydrogen) atoms. The lowest BCUT2D eigenvalue weighted by molar-refractivity contribution is -0.292. The minimum atomic E-state index is -3.91. The molecule has 0 spiro atoms. The van der Waals surface area contributed by atoms with E-state index in [1.54, 1.807) is 0 Å². The number of hydrogen-bond donors (Lipinski definition) is 5. The summed E-state index contributed by atoms with van der Waals surface area (Å²) in [6, 6.07) is -1.63. The number of halogens is 2. The number of carbonyl (C=O) groups excluding carboxylic acids is 1. The van der Waals surface area contributed by atoms with Gasteiger partial charge >= 0.3 is 11.8 Å². The molecular formula is C11H17F2NO7. The number of aliphatic hydroxyl groups excluding tert-OH is 3. The van der Waals surface area contributed by atoms with Crippen LogP contribution in [-0.4, -0.2) is 74.8 Å². The monoisotopic (exact) mass is 313 g/mol. The average Bonchev–Trinajstić information content (AvgIpc) is 2.37. The fourth-order valence-electron chi connectivity index (χ4n) is 2.06. The third kappa shape index (κ3) is 3.28. The molecular weight excluding hydrogens is 296 g/mol. The van der Waals surface area contributed by atoms with Gasteiger partial charge in [0, 0.05) is 6.92 Å². The molecule has 8 nitrogen and oxygen atoms in total. The van der Waals surface area contributed by atoms with Crippen LogP contribution in [0.3, 0.4) is 0 Å². The Morgan fingerprint density at radius 2 is 1.90 bits per heavy atom. The van der Waals surface area contributed by atoms with E-state index in [2.05, 4.69) is 4.74 Å². The number of ether oxygens (including phenoxy) is 1. The van der Waals surface area contributed by atoms with Gasteiger partial charge in [0.15, 0.2) is 6.17 Å². The molecule has 0 radical (unpaired) electrons. The van der Waals surface area contributed by atoms with E-state index in [9.17, 15) is 33.7 Å². The van der Waals surface area contributed by atoms with Crippen molar-refractivity contribution >= 4 is 11.9 Å². The highest BCUT2D eigenvalue weighted by Crippen LogP contribution is 2.35. The van der Waals surface area contributed by atoms with Crippen LogP contribution in [0, 0.1) is 0 Å². The van der Waals surface area contributed by atoms with Gasteiger partial charge < -0.3 is 30.5 Å². The highest BCUT2D eigenvalue weighted by molar-refractivity contribution is 5.77. The van der Waals surface area contributed by atoms with Crippen LogP contribution < -0.4 is 5.32 Å². The van der Waals surface area contributed by atoms with E-state index in [-0.39, 0.29) is 0 Å². The summed E-state index contributed by atoms with van der Waals surface area (Å²) < 4.78 is 32.3. The fourth-order valence-corrected chi connectivity index (χ4v) is 2.06. The van der Waals surface area contributed by atoms with Gasteiger partial charge in [-0.3, -0.25) is 4.79 Å². The van der Waals surface area contributed by atoms with Gasteiger partial charge in [-0.1, -0.05) is 0 Å². The zero-order valence-electron chi connectivity index (χ0n) is 11.2. The second-order valence-electron chi connectivity index (χ2n) is 4.88. The van der Waals surface area contributed by atoms with Crippen molar-refractivity contribution in [1.82, 2.24) is 5.32 Å². The third-order valence-electron chi connectivity index (χ3n) is 3.18. The van der Waals surface area contributed by atoms with E-state index < -0.39 is 54.4 Å². The largest absolute Gasteiger partial charge is 0.477 e. The Morgan fingerprint density at radius 3 is 2.29 bits per heavy atom. The topological polar surface area (TPSA) is 136 Å². The molecule has 1 heterocycles. The molecule has 0 bridgehead atoms. The Bertz CT molecular complexity index is 421. The molecule has 1 saturated heterocycles. The van der Waals surface area contributed by atoms with Crippen LogP contribution in [0.1, 0.15) is 13.8 Å². The summed E-state index contributed by atoms with van der Waals surface area (Å²) in [7, 11) is 0. The van der Waals surface area contributed by atoms with Crippen LogP contribution >= 0.6 is 0 Å². The Balaban J connectivity index is 3.19. The number of aliphatic carboxylic acids is 1. The van der Waals surface area contributed by atoms with E-state index in [4.69, 9.17) is 5.11 Å². The fraction of sp³-hybridized carbons (Fsp3) is 0.818. The minimum Gasteiger partial charge on any atom is -0.477 e. The Kier molecular flexibility index (Phi) is 5.20. The molecule has 1 amide bonds. The standard InChI is InChI=1S/C11H17F2NO7/c1-3(15)6(17)8-5(14-4(2)16)7(18)9(12)11(13,21-8)10(19)20/h3,5-9,15,17-18H,1-2H3,(H,14,16)(H,19,20)/t3-,5-,6+,7?,8-,9-,11-/m1/s1. The molecule has 1 aliphatic heterocycles. The first-order chi connectivity index (χ1) is 9.52. The van der Waals surface area contributed by atoms with Crippen LogP contribution in [0.25, 0.3) is 0 Å². The summed E-state index contributed by atoms with van der Waals surface area (Å²) in [5.74, 6) is -6.99. The molecule has 0 saturated carbocycles. The Hall–Kier alpha value is -1.36. The SMILES string of the molecule is CC(=O)N[C@@H]1C(O)[C@@H](F)[C@](F)(C(=O)O)O[C@H]1[C@@H](O)[C@@H](C)O. The number of aliphatic hydroxyl groups is 3. The molecule has 10 heteroatoms. The quantitative estimate of drug-likeness (QED) is 0.408. The van der Waals surface area contributed by atoms with Crippen molar-refractivity contribution < 1.29 is 43.5 Å². The number of rotatable bonds is 4. The molecule has 0 aromatic heterocycles. The van der Waals surface area contributed by atoms with Crippen molar-refractivity contribution in [2.45, 2.75) is 56.3 Å². The lowest BCUT2D eigenvalue weighted by atomic mass is 9.88. The van der Waals surface area contributed by atoms with Gasteiger partial charge in [-0.15, -0.1) is 0 Å². The van der Waals surface area contributed by atoms with Gasteiger partial charge in [0.25, 0.3) is 0 Å². The molecule has 0 aromatic carbocycles. The molecule has 7 atom stereocenters. The zero-order chi connectivity index (χ0) is 16.5. The first-order valence-electron chi connectivity index (χ1n) is 6.07. The van der Waals surface area contributed by atoms with E-state index in [1.807, 2.05) is 5.32 Å². The maximum atomic E-state index is 14.1. The summed E-state index contributed by atoms with van der Waals surface area (Å²) in [5.41, 5.74) is 0. The zero-order valence-corrected chi connectivity index (χ0v) is 11.2.